The fourth-order valence-electron chi connectivity index (χ4n) is 3.26. The van der Waals surface area contributed by atoms with Gasteiger partial charge in [0, 0.05) is 38.1 Å². The first kappa shape index (κ1) is 16.1. The number of aromatic nitrogens is 2. The number of piperazine rings is 1. The van der Waals surface area contributed by atoms with E-state index in [1.807, 2.05) is 18.2 Å². The number of benzene rings is 1. The fourth-order valence-corrected chi connectivity index (χ4v) is 3.26. The molecule has 132 valence electrons. The summed E-state index contributed by atoms with van der Waals surface area (Å²) in [5.74, 6) is -0.118. The number of amides is 1. The molecule has 1 fully saturated rings. The smallest absolute Gasteiger partial charge is 0.281 e. The standard InChI is InChI=1S/C19H19N5O2/c20-16-13-21-17-15(7-4-8-24(17)19(16)26)18(25)23-11-9-22(10-12-23)14-5-2-1-3-6-14/h1-8,13H,9-12,20H2. The Bertz CT molecular complexity index is 1010. The molecule has 7 heteroatoms. The molecule has 1 aliphatic rings. The summed E-state index contributed by atoms with van der Waals surface area (Å²) in [6.07, 6.45) is 2.88. The summed E-state index contributed by atoms with van der Waals surface area (Å²) < 4.78 is 1.32. The van der Waals surface area contributed by atoms with E-state index in [-0.39, 0.29) is 17.2 Å². The first-order valence-corrected chi connectivity index (χ1v) is 8.50. The van der Waals surface area contributed by atoms with Gasteiger partial charge in [-0.25, -0.2) is 4.98 Å². The molecular formula is C19H19N5O2. The highest BCUT2D eigenvalue weighted by molar-refractivity contribution is 5.99. The minimum absolute atomic E-state index is 0.0589. The quantitative estimate of drug-likeness (QED) is 0.752. The predicted molar refractivity (Wildman–Crippen MR) is 100 cm³/mol. The number of anilines is 2. The van der Waals surface area contributed by atoms with Gasteiger partial charge in [0.25, 0.3) is 11.5 Å². The minimum Gasteiger partial charge on any atom is -0.393 e. The third-order valence-corrected chi connectivity index (χ3v) is 4.68. The molecule has 1 aromatic carbocycles. The van der Waals surface area contributed by atoms with Gasteiger partial charge < -0.3 is 15.5 Å². The minimum atomic E-state index is -0.362. The third-order valence-electron chi connectivity index (χ3n) is 4.68. The molecule has 0 atom stereocenters. The van der Waals surface area contributed by atoms with Crippen molar-refractivity contribution in [3.8, 4) is 0 Å². The molecule has 0 aliphatic carbocycles. The number of fused-ring (bicyclic) bond motifs is 1. The number of hydrogen-bond donors (Lipinski definition) is 1. The monoisotopic (exact) mass is 349 g/mol. The first-order chi connectivity index (χ1) is 12.6. The summed E-state index contributed by atoms with van der Waals surface area (Å²) in [4.78, 5) is 33.4. The molecule has 1 aliphatic heterocycles. The summed E-state index contributed by atoms with van der Waals surface area (Å²) in [6.45, 7) is 2.77. The molecule has 1 saturated heterocycles. The Morgan fingerprint density at radius 1 is 1.00 bits per heavy atom. The van der Waals surface area contributed by atoms with Crippen LogP contribution in [-0.4, -0.2) is 46.4 Å². The number of nitrogens with two attached hydrogens (primary N) is 1. The van der Waals surface area contributed by atoms with Crippen molar-refractivity contribution in [3.63, 3.8) is 0 Å². The Hall–Kier alpha value is -3.35. The van der Waals surface area contributed by atoms with Crippen molar-refractivity contribution in [1.29, 1.82) is 0 Å². The summed E-state index contributed by atoms with van der Waals surface area (Å²) >= 11 is 0. The van der Waals surface area contributed by atoms with Gasteiger partial charge >= 0.3 is 0 Å². The Morgan fingerprint density at radius 3 is 2.46 bits per heavy atom. The van der Waals surface area contributed by atoms with Crippen molar-refractivity contribution in [2.24, 2.45) is 0 Å². The molecule has 3 aromatic rings. The normalized spacial score (nSPS) is 14.6. The van der Waals surface area contributed by atoms with Crippen LogP contribution in [0.5, 0.6) is 0 Å². The van der Waals surface area contributed by atoms with Crippen molar-refractivity contribution in [2.75, 3.05) is 36.8 Å². The number of rotatable bonds is 2. The molecule has 2 N–H and O–H groups in total. The second-order valence-electron chi connectivity index (χ2n) is 6.25. The van der Waals surface area contributed by atoms with Crippen LogP contribution in [0.15, 0.2) is 59.7 Å². The van der Waals surface area contributed by atoms with Crippen LogP contribution in [0.4, 0.5) is 11.4 Å². The lowest BCUT2D eigenvalue weighted by Crippen LogP contribution is -2.49. The Balaban J connectivity index is 1.57. The van der Waals surface area contributed by atoms with Gasteiger partial charge in [0.05, 0.1) is 11.8 Å². The number of carbonyl (C=O) groups excluding carboxylic acids is 1. The molecule has 1 amide bonds. The van der Waals surface area contributed by atoms with Gasteiger partial charge in [-0.15, -0.1) is 0 Å². The molecule has 4 rings (SSSR count). The van der Waals surface area contributed by atoms with E-state index in [0.717, 1.165) is 18.8 Å². The average Bonchev–Trinajstić information content (AvgIpc) is 2.71. The van der Waals surface area contributed by atoms with Crippen LogP contribution >= 0.6 is 0 Å². The largest absolute Gasteiger partial charge is 0.393 e. The number of nitrogen functional groups attached to an aromatic ring is 1. The molecule has 3 heterocycles. The molecule has 0 spiro atoms. The Morgan fingerprint density at radius 2 is 1.73 bits per heavy atom. The van der Waals surface area contributed by atoms with Crippen LogP contribution in [-0.2, 0) is 0 Å². The van der Waals surface area contributed by atoms with Gasteiger partial charge in [0.2, 0.25) is 0 Å². The average molecular weight is 349 g/mol. The van der Waals surface area contributed by atoms with Crippen LogP contribution in [0.2, 0.25) is 0 Å². The van der Waals surface area contributed by atoms with Crippen molar-refractivity contribution in [1.82, 2.24) is 14.3 Å². The van der Waals surface area contributed by atoms with Crippen LogP contribution in [0.25, 0.3) is 5.65 Å². The van der Waals surface area contributed by atoms with E-state index in [9.17, 15) is 9.59 Å². The van der Waals surface area contributed by atoms with Crippen LogP contribution < -0.4 is 16.2 Å². The van der Waals surface area contributed by atoms with E-state index < -0.39 is 0 Å². The van der Waals surface area contributed by atoms with Gasteiger partial charge in [-0.2, -0.15) is 0 Å². The molecule has 0 saturated carbocycles. The highest BCUT2D eigenvalue weighted by Crippen LogP contribution is 2.18. The lowest BCUT2D eigenvalue weighted by atomic mass is 10.2. The van der Waals surface area contributed by atoms with Crippen molar-refractivity contribution in [3.05, 3.63) is 70.8 Å². The second-order valence-corrected chi connectivity index (χ2v) is 6.25. The number of para-hydroxylation sites is 1. The van der Waals surface area contributed by atoms with E-state index in [0.29, 0.717) is 24.3 Å². The van der Waals surface area contributed by atoms with E-state index in [1.54, 1.807) is 23.2 Å². The summed E-state index contributed by atoms with van der Waals surface area (Å²) in [6, 6.07) is 13.5. The van der Waals surface area contributed by atoms with Gasteiger partial charge in [0.1, 0.15) is 5.69 Å². The van der Waals surface area contributed by atoms with Crippen LogP contribution in [0.1, 0.15) is 10.4 Å². The zero-order chi connectivity index (χ0) is 18.1. The SMILES string of the molecule is Nc1cnc2c(C(=O)N3CCN(c4ccccc4)CC3)cccn2c1=O. The van der Waals surface area contributed by atoms with Crippen LogP contribution in [0, 0.1) is 0 Å². The van der Waals surface area contributed by atoms with Gasteiger partial charge in [0.15, 0.2) is 5.65 Å². The van der Waals surface area contributed by atoms with E-state index in [4.69, 9.17) is 5.73 Å². The summed E-state index contributed by atoms with van der Waals surface area (Å²) in [5.41, 5.74) is 7.24. The van der Waals surface area contributed by atoms with E-state index in [2.05, 4.69) is 22.0 Å². The maximum Gasteiger partial charge on any atom is 0.281 e. The molecule has 0 radical (unpaired) electrons. The fraction of sp³-hybridized carbons (Fsp3) is 0.211. The molecule has 0 bridgehead atoms. The maximum absolute atomic E-state index is 13.0. The Labute approximate surface area is 150 Å². The van der Waals surface area contributed by atoms with Crippen molar-refractivity contribution >= 4 is 22.9 Å². The topological polar surface area (TPSA) is 83.9 Å². The molecular weight excluding hydrogens is 330 g/mol. The third kappa shape index (κ3) is 2.77. The Kier molecular flexibility index (Phi) is 4.04. The van der Waals surface area contributed by atoms with Gasteiger partial charge in [-0.05, 0) is 24.3 Å². The van der Waals surface area contributed by atoms with Crippen molar-refractivity contribution in [2.45, 2.75) is 0 Å². The highest BCUT2D eigenvalue weighted by Gasteiger charge is 2.24. The second kappa shape index (κ2) is 6.51. The molecule has 26 heavy (non-hydrogen) atoms. The lowest BCUT2D eigenvalue weighted by Gasteiger charge is -2.36. The highest BCUT2D eigenvalue weighted by atomic mass is 16.2. The summed E-state index contributed by atoms with van der Waals surface area (Å²) in [7, 11) is 0. The van der Waals surface area contributed by atoms with E-state index in [1.165, 1.54) is 10.6 Å². The molecule has 7 nitrogen and oxygen atoms in total. The van der Waals surface area contributed by atoms with Crippen LogP contribution in [0.3, 0.4) is 0 Å². The number of pyridine rings is 1. The number of carbonyl (C=O) groups is 1. The maximum atomic E-state index is 13.0. The molecule has 0 unspecified atom stereocenters. The van der Waals surface area contributed by atoms with Gasteiger partial charge in [-0.1, -0.05) is 18.2 Å². The van der Waals surface area contributed by atoms with E-state index >= 15 is 0 Å². The zero-order valence-corrected chi connectivity index (χ0v) is 14.2. The molecule has 2 aromatic heterocycles. The zero-order valence-electron chi connectivity index (χ0n) is 14.2. The number of hydrogen-bond acceptors (Lipinski definition) is 5. The lowest BCUT2D eigenvalue weighted by molar-refractivity contribution is 0.0748. The number of nitrogens with zero attached hydrogens (tertiary/aromatic N) is 4. The first-order valence-electron chi connectivity index (χ1n) is 8.50. The van der Waals surface area contributed by atoms with Gasteiger partial charge in [-0.3, -0.25) is 14.0 Å². The predicted octanol–water partition coefficient (Wildman–Crippen LogP) is 1.24. The summed E-state index contributed by atoms with van der Waals surface area (Å²) in [5, 5.41) is 0. The van der Waals surface area contributed by atoms with Crippen molar-refractivity contribution < 1.29 is 4.79 Å².